The van der Waals surface area contributed by atoms with Crippen LogP contribution >= 0.6 is 0 Å². The van der Waals surface area contributed by atoms with Gasteiger partial charge in [0.2, 0.25) is 11.8 Å². The molecule has 0 fully saturated rings. The lowest BCUT2D eigenvalue weighted by Gasteiger charge is -2.36. The molecule has 2 aromatic carbocycles. The van der Waals surface area contributed by atoms with Crippen LogP contribution in [0.15, 0.2) is 79.0 Å². The van der Waals surface area contributed by atoms with E-state index in [1.165, 1.54) is 0 Å². The van der Waals surface area contributed by atoms with Crippen LogP contribution in [0.25, 0.3) is 0 Å². The number of carbonyl (C=O) groups excluding carboxylic acids is 2. The van der Waals surface area contributed by atoms with Crippen LogP contribution in [0.1, 0.15) is 28.4 Å². The summed E-state index contributed by atoms with van der Waals surface area (Å²) in [6, 6.07) is 22.4. The zero-order valence-electron chi connectivity index (χ0n) is 15.4. The third-order valence-electron chi connectivity index (χ3n) is 4.94. The van der Waals surface area contributed by atoms with Gasteiger partial charge in [-0.15, -0.1) is 0 Å². The van der Waals surface area contributed by atoms with E-state index in [1.54, 1.807) is 11.1 Å². The lowest BCUT2D eigenvalue weighted by molar-refractivity contribution is -0.142. The zero-order chi connectivity index (χ0) is 19.3. The number of benzene rings is 2. The number of hydrogen-bond acceptors (Lipinski definition) is 3. The van der Waals surface area contributed by atoms with Gasteiger partial charge in [-0.1, -0.05) is 60.7 Å². The van der Waals surface area contributed by atoms with Crippen LogP contribution in [-0.2, 0) is 29.1 Å². The minimum absolute atomic E-state index is 0.0412. The molecule has 0 radical (unpaired) electrons. The van der Waals surface area contributed by atoms with E-state index in [0.29, 0.717) is 19.5 Å². The molecular formula is C23H21N3O2. The second-order valence-electron chi connectivity index (χ2n) is 6.82. The van der Waals surface area contributed by atoms with Gasteiger partial charge in [0.1, 0.15) is 6.04 Å². The summed E-state index contributed by atoms with van der Waals surface area (Å²) in [5.41, 5.74) is 3.57. The Morgan fingerprint density at radius 3 is 2.54 bits per heavy atom. The minimum atomic E-state index is -0.652. The van der Waals surface area contributed by atoms with Crippen molar-refractivity contribution in [3.05, 3.63) is 101 Å². The van der Waals surface area contributed by atoms with Crippen molar-refractivity contribution in [2.24, 2.45) is 0 Å². The predicted molar refractivity (Wildman–Crippen MR) is 106 cm³/mol. The highest BCUT2D eigenvalue weighted by atomic mass is 16.2. The molecule has 0 unspecified atom stereocenters. The van der Waals surface area contributed by atoms with Crippen molar-refractivity contribution in [3.8, 4) is 0 Å². The van der Waals surface area contributed by atoms with Crippen molar-refractivity contribution in [2.75, 3.05) is 0 Å². The molecule has 1 atom stereocenters. The van der Waals surface area contributed by atoms with E-state index in [9.17, 15) is 9.59 Å². The van der Waals surface area contributed by atoms with Gasteiger partial charge in [-0.25, -0.2) is 0 Å². The highest BCUT2D eigenvalue weighted by Gasteiger charge is 2.36. The molecule has 0 spiro atoms. The van der Waals surface area contributed by atoms with E-state index in [2.05, 4.69) is 10.3 Å². The first-order valence-electron chi connectivity index (χ1n) is 9.31. The maximum Gasteiger partial charge on any atom is 0.247 e. The van der Waals surface area contributed by atoms with Crippen molar-refractivity contribution < 1.29 is 9.59 Å². The van der Waals surface area contributed by atoms with Crippen LogP contribution in [0.2, 0.25) is 0 Å². The van der Waals surface area contributed by atoms with Crippen molar-refractivity contribution in [2.45, 2.75) is 25.6 Å². The van der Waals surface area contributed by atoms with Crippen LogP contribution in [0.5, 0.6) is 0 Å². The first-order valence-corrected chi connectivity index (χ1v) is 9.31. The number of carbonyl (C=O) groups is 2. The minimum Gasteiger partial charge on any atom is -0.348 e. The van der Waals surface area contributed by atoms with Gasteiger partial charge >= 0.3 is 0 Å². The number of fused-ring (bicyclic) bond motifs is 1. The highest BCUT2D eigenvalue weighted by Crippen LogP contribution is 2.32. The Morgan fingerprint density at radius 2 is 1.75 bits per heavy atom. The number of amides is 2. The third-order valence-corrected chi connectivity index (χ3v) is 4.94. The van der Waals surface area contributed by atoms with E-state index in [4.69, 9.17) is 0 Å². The summed E-state index contributed by atoms with van der Waals surface area (Å²) in [5, 5.41) is 2.95. The average Bonchev–Trinajstić information content (AvgIpc) is 2.74. The van der Waals surface area contributed by atoms with E-state index in [-0.39, 0.29) is 11.8 Å². The van der Waals surface area contributed by atoms with Crippen molar-refractivity contribution >= 4 is 11.8 Å². The molecule has 1 N–H and O–H groups in total. The fraction of sp³-hybridized carbons (Fsp3) is 0.174. The summed E-state index contributed by atoms with van der Waals surface area (Å²) in [6.45, 7) is 0.724. The normalized spacial score (nSPS) is 15.8. The van der Waals surface area contributed by atoms with Gasteiger partial charge in [-0.3, -0.25) is 14.6 Å². The van der Waals surface area contributed by atoms with Crippen molar-refractivity contribution in [1.82, 2.24) is 15.2 Å². The summed E-state index contributed by atoms with van der Waals surface area (Å²) in [4.78, 5) is 32.0. The van der Waals surface area contributed by atoms with E-state index >= 15 is 0 Å². The maximum absolute atomic E-state index is 13.1. The van der Waals surface area contributed by atoms with E-state index in [0.717, 1.165) is 22.4 Å². The lowest BCUT2D eigenvalue weighted by atomic mass is 9.91. The average molecular weight is 371 g/mol. The molecule has 3 aromatic rings. The number of hydrogen-bond donors (Lipinski definition) is 1. The molecule has 0 bridgehead atoms. The van der Waals surface area contributed by atoms with E-state index < -0.39 is 6.04 Å². The molecule has 0 aliphatic carbocycles. The molecule has 5 heteroatoms. The Kier molecular flexibility index (Phi) is 5.15. The number of pyridine rings is 1. The monoisotopic (exact) mass is 371 g/mol. The molecule has 1 aliphatic heterocycles. The van der Waals surface area contributed by atoms with Gasteiger partial charge in [0.15, 0.2) is 0 Å². The maximum atomic E-state index is 13.1. The number of nitrogens with one attached hydrogen (secondary N) is 1. The highest BCUT2D eigenvalue weighted by molar-refractivity contribution is 5.92. The molecule has 2 heterocycles. The van der Waals surface area contributed by atoms with Crippen LogP contribution < -0.4 is 5.32 Å². The quantitative estimate of drug-likeness (QED) is 0.750. The smallest absolute Gasteiger partial charge is 0.247 e. The molecule has 1 aromatic heterocycles. The van der Waals surface area contributed by atoms with Gasteiger partial charge < -0.3 is 10.2 Å². The molecule has 1 aliphatic rings. The fourth-order valence-electron chi connectivity index (χ4n) is 3.56. The largest absolute Gasteiger partial charge is 0.348 e. The first-order chi connectivity index (χ1) is 13.7. The van der Waals surface area contributed by atoms with Gasteiger partial charge in [-0.2, -0.15) is 0 Å². The van der Waals surface area contributed by atoms with Crippen LogP contribution in [0.3, 0.4) is 0 Å². The SMILES string of the molecule is O=C(NCc1ccccn1)[C@H]1c2ccccc2CC(=O)N1Cc1ccccc1. The molecule has 0 saturated heterocycles. The molecule has 28 heavy (non-hydrogen) atoms. The van der Waals surface area contributed by atoms with Crippen LogP contribution in [0, 0.1) is 0 Å². The fourth-order valence-corrected chi connectivity index (χ4v) is 3.56. The number of aromatic nitrogens is 1. The van der Waals surface area contributed by atoms with Gasteiger partial charge in [0.25, 0.3) is 0 Å². The van der Waals surface area contributed by atoms with Crippen molar-refractivity contribution in [1.29, 1.82) is 0 Å². The topological polar surface area (TPSA) is 62.3 Å². The molecule has 0 saturated carbocycles. The van der Waals surface area contributed by atoms with Crippen LogP contribution in [0.4, 0.5) is 0 Å². The summed E-state index contributed by atoms with van der Waals surface area (Å²) in [7, 11) is 0. The summed E-state index contributed by atoms with van der Waals surface area (Å²) in [6.07, 6.45) is 2.01. The molecule has 4 rings (SSSR count). The van der Waals surface area contributed by atoms with Gasteiger partial charge in [0.05, 0.1) is 18.7 Å². The first kappa shape index (κ1) is 17.9. The standard InChI is InChI=1S/C23H21N3O2/c27-21-14-18-10-4-5-12-20(18)22(26(21)16-17-8-2-1-3-9-17)23(28)25-15-19-11-6-7-13-24-19/h1-13,22H,14-16H2,(H,25,28)/t22-/m1/s1. The summed E-state index contributed by atoms with van der Waals surface area (Å²) >= 11 is 0. The second kappa shape index (κ2) is 8.05. The number of rotatable bonds is 5. The Labute approximate surface area is 164 Å². The Balaban J connectivity index is 1.62. The summed E-state index contributed by atoms with van der Waals surface area (Å²) < 4.78 is 0. The Hall–Kier alpha value is -3.47. The predicted octanol–water partition coefficient (Wildman–Crippen LogP) is 3.02. The van der Waals surface area contributed by atoms with Gasteiger partial charge in [0, 0.05) is 12.7 Å². The molecule has 2 amide bonds. The Morgan fingerprint density at radius 1 is 1.00 bits per heavy atom. The Bertz CT molecular complexity index is 973. The molecule has 140 valence electrons. The van der Waals surface area contributed by atoms with Crippen molar-refractivity contribution in [3.63, 3.8) is 0 Å². The lowest BCUT2D eigenvalue weighted by Crippen LogP contribution is -2.46. The zero-order valence-corrected chi connectivity index (χ0v) is 15.4. The van der Waals surface area contributed by atoms with E-state index in [1.807, 2.05) is 72.8 Å². The second-order valence-corrected chi connectivity index (χ2v) is 6.82. The summed E-state index contributed by atoms with van der Waals surface area (Å²) in [5.74, 6) is -0.234. The third kappa shape index (κ3) is 3.78. The number of nitrogens with zero attached hydrogens (tertiary/aromatic N) is 2. The molecular weight excluding hydrogens is 350 g/mol. The van der Waals surface area contributed by atoms with Gasteiger partial charge in [-0.05, 0) is 28.8 Å². The van der Waals surface area contributed by atoms with Crippen LogP contribution in [-0.4, -0.2) is 21.7 Å². The molecule has 5 nitrogen and oxygen atoms in total.